The van der Waals surface area contributed by atoms with Gasteiger partial charge in [0.1, 0.15) is 11.7 Å². The summed E-state index contributed by atoms with van der Waals surface area (Å²) >= 11 is 0. The first-order chi connectivity index (χ1) is 18.3. The second-order valence-electron chi connectivity index (χ2n) is 12.0. The molecular weight excluding hydrogens is 452 g/mol. The van der Waals surface area contributed by atoms with E-state index < -0.39 is 0 Å². The zero-order valence-electron chi connectivity index (χ0n) is 25.5. The summed E-state index contributed by atoms with van der Waals surface area (Å²) in [4.78, 5) is 11.9. The summed E-state index contributed by atoms with van der Waals surface area (Å²) in [6.07, 6.45) is 41.8. The Labute approximate surface area is 233 Å². The van der Waals surface area contributed by atoms with Crippen LogP contribution in [0.15, 0.2) is 11.8 Å². The number of unbranched alkanes of at least 4 members (excludes halogenated alkanes) is 26. The molecule has 0 aromatic heterocycles. The molecule has 0 aliphatic carbocycles. The van der Waals surface area contributed by atoms with Crippen LogP contribution in [0.5, 0.6) is 0 Å². The van der Waals surface area contributed by atoms with Gasteiger partial charge >= 0.3 is 5.97 Å². The smallest absolute Gasteiger partial charge is 0.321 e. The first kappa shape index (κ1) is 34.2. The van der Waals surface area contributed by atoms with Crippen molar-refractivity contribution in [2.75, 3.05) is 0 Å². The molecule has 1 heterocycles. The van der Waals surface area contributed by atoms with Gasteiger partial charge in [0.05, 0.1) is 0 Å². The van der Waals surface area contributed by atoms with Gasteiger partial charge in [-0.2, -0.15) is 0 Å². The molecule has 0 N–H and O–H groups in total. The minimum Gasteiger partial charge on any atom is -0.430 e. The van der Waals surface area contributed by atoms with Gasteiger partial charge in [-0.25, -0.2) is 0 Å². The minimum absolute atomic E-state index is 0.0197. The van der Waals surface area contributed by atoms with Crippen molar-refractivity contribution in [2.24, 2.45) is 5.92 Å². The van der Waals surface area contributed by atoms with Crippen LogP contribution < -0.4 is 0 Å². The van der Waals surface area contributed by atoms with Crippen molar-refractivity contribution in [3.8, 4) is 0 Å². The predicted octanol–water partition coefficient (Wildman–Crippen LogP) is 12.4. The number of esters is 1. The number of allylic oxidation sites excluding steroid dienone is 1. The monoisotopic (exact) mass is 519 g/mol. The molecule has 1 aliphatic heterocycles. The number of carbonyl (C=O) groups is 1. The van der Waals surface area contributed by atoms with Gasteiger partial charge in [-0.05, 0) is 25.3 Å². The largest absolute Gasteiger partial charge is 0.430 e. The van der Waals surface area contributed by atoms with Gasteiger partial charge in [0.2, 0.25) is 0 Å². The molecule has 1 aliphatic rings. The van der Waals surface area contributed by atoms with Crippen molar-refractivity contribution in [1.29, 1.82) is 0 Å². The maximum absolute atomic E-state index is 11.9. The highest BCUT2D eigenvalue weighted by Crippen LogP contribution is 2.32. The molecule has 1 saturated heterocycles. The second kappa shape index (κ2) is 26.8. The molecule has 1 fully saturated rings. The van der Waals surface area contributed by atoms with E-state index in [2.05, 4.69) is 19.9 Å². The lowest BCUT2D eigenvalue weighted by Crippen LogP contribution is -2.32. The third-order valence-corrected chi connectivity index (χ3v) is 8.35. The lowest BCUT2D eigenvalue weighted by molar-refractivity contribution is -0.157. The lowest BCUT2D eigenvalue weighted by Gasteiger charge is -2.28. The Morgan fingerprint density at radius 2 is 0.811 bits per heavy atom. The molecule has 0 radical (unpaired) electrons. The van der Waals surface area contributed by atoms with Crippen LogP contribution in [-0.4, -0.2) is 5.97 Å². The summed E-state index contributed by atoms with van der Waals surface area (Å²) in [5.74, 6) is 1.09. The molecule has 2 heteroatoms. The highest BCUT2D eigenvalue weighted by molar-refractivity contribution is 5.82. The molecule has 0 saturated carbocycles. The third kappa shape index (κ3) is 20.8. The number of hydrogen-bond acceptors (Lipinski definition) is 2. The van der Waals surface area contributed by atoms with E-state index >= 15 is 0 Å². The fourth-order valence-corrected chi connectivity index (χ4v) is 5.71. The van der Waals surface area contributed by atoms with Gasteiger partial charge in [0.25, 0.3) is 0 Å². The van der Waals surface area contributed by atoms with Gasteiger partial charge in [-0.1, -0.05) is 181 Å². The Kier molecular flexibility index (Phi) is 24.8. The molecule has 37 heavy (non-hydrogen) atoms. The average Bonchev–Trinajstić information content (AvgIpc) is 2.90. The van der Waals surface area contributed by atoms with E-state index in [1.54, 1.807) is 0 Å². The van der Waals surface area contributed by atoms with Crippen LogP contribution in [-0.2, 0) is 9.53 Å². The van der Waals surface area contributed by atoms with Crippen molar-refractivity contribution < 1.29 is 9.53 Å². The van der Waals surface area contributed by atoms with Gasteiger partial charge in [-0.3, -0.25) is 4.79 Å². The number of carbonyl (C=O) groups excluding carboxylic acids is 1. The number of rotatable bonds is 29. The fourth-order valence-electron chi connectivity index (χ4n) is 5.71. The van der Waals surface area contributed by atoms with Crippen LogP contribution in [0.25, 0.3) is 0 Å². The Morgan fingerprint density at radius 3 is 1.16 bits per heavy atom. The maximum Gasteiger partial charge on any atom is 0.321 e. The van der Waals surface area contributed by atoms with Gasteiger partial charge < -0.3 is 4.74 Å². The average molecular weight is 519 g/mol. The normalized spacial score (nSPS) is 16.3. The summed E-state index contributed by atoms with van der Waals surface area (Å²) in [6.45, 7) is 4.58. The first-order valence-electron chi connectivity index (χ1n) is 17.2. The molecule has 0 amide bonds. The zero-order valence-corrected chi connectivity index (χ0v) is 25.5. The van der Waals surface area contributed by atoms with Crippen LogP contribution in [0.3, 0.4) is 0 Å². The van der Waals surface area contributed by atoms with Crippen molar-refractivity contribution in [1.82, 2.24) is 0 Å². The van der Waals surface area contributed by atoms with Crippen LogP contribution in [0.2, 0.25) is 0 Å². The number of ether oxygens (including phenoxy) is 1. The third-order valence-electron chi connectivity index (χ3n) is 8.35. The van der Waals surface area contributed by atoms with Crippen LogP contribution in [0.1, 0.15) is 200 Å². The molecular formula is C35H66O2. The molecule has 1 rings (SSSR count). The Hall–Kier alpha value is -0.790. The Morgan fingerprint density at radius 1 is 0.486 bits per heavy atom. The second-order valence-corrected chi connectivity index (χ2v) is 12.0. The fraction of sp³-hybridized carbons (Fsp3) is 0.914. The van der Waals surface area contributed by atoms with Crippen molar-refractivity contribution >= 4 is 5.97 Å². The SMILES string of the molecule is CCCCCCCCCCCCCCC/C=C1\OC(=O)C1CCCCCCCCCCCCCCCC. The molecule has 0 spiro atoms. The van der Waals surface area contributed by atoms with Gasteiger partial charge in [-0.15, -0.1) is 0 Å². The molecule has 1 unspecified atom stereocenters. The summed E-state index contributed by atoms with van der Waals surface area (Å²) in [5, 5.41) is 0. The summed E-state index contributed by atoms with van der Waals surface area (Å²) < 4.78 is 5.36. The van der Waals surface area contributed by atoms with E-state index in [-0.39, 0.29) is 11.9 Å². The first-order valence-corrected chi connectivity index (χ1v) is 17.2. The van der Waals surface area contributed by atoms with E-state index in [4.69, 9.17) is 4.74 Å². The Bertz CT molecular complexity index is 523. The molecule has 0 bridgehead atoms. The summed E-state index contributed by atoms with van der Waals surface area (Å²) in [5.41, 5.74) is 0. The number of hydrogen-bond donors (Lipinski definition) is 0. The topological polar surface area (TPSA) is 26.3 Å². The van der Waals surface area contributed by atoms with Crippen molar-refractivity contribution in [2.45, 2.75) is 200 Å². The van der Waals surface area contributed by atoms with E-state index in [9.17, 15) is 4.79 Å². The minimum atomic E-state index is 0.0197. The van der Waals surface area contributed by atoms with Crippen LogP contribution >= 0.6 is 0 Å². The zero-order chi connectivity index (χ0) is 26.7. The Balaban J connectivity index is 1.85. The van der Waals surface area contributed by atoms with Crippen LogP contribution in [0.4, 0.5) is 0 Å². The summed E-state index contributed by atoms with van der Waals surface area (Å²) in [7, 11) is 0. The number of cyclic esters (lactones) is 1. The maximum atomic E-state index is 11.9. The van der Waals surface area contributed by atoms with E-state index in [1.165, 1.54) is 173 Å². The summed E-state index contributed by atoms with van der Waals surface area (Å²) in [6, 6.07) is 0. The van der Waals surface area contributed by atoms with E-state index in [0.29, 0.717) is 0 Å². The molecule has 218 valence electrons. The van der Waals surface area contributed by atoms with Crippen molar-refractivity contribution in [3.63, 3.8) is 0 Å². The predicted molar refractivity (Wildman–Crippen MR) is 163 cm³/mol. The quantitative estimate of drug-likeness (QED) is 0.0726. The van der Waals surface area contributed by atoms with E-state index in [1.807, 2.05) is 0 Å². The lowest BCUT2D eigenvalue weighted by atomic mass is 9.93. The highest BCUT2D eigenvalue weighted by atomic mass is 16.6. The van der Waals surface area contributed by atoms with Crippen molar-refractivity contribution in [3.05, 3.63) is 11.8 Å². The molecule has 1 atom stereocenters. The van der Waals surface area contributed by atoms with Gasteiger partial charge in [0.15, 0.2) is 0 Å². The van der Waals surface area contributed by atoms with Gasteiger partial charge in [0, 0.05) is 0 Å². The molecule has 0 aromatic carbocycles. The molecule has 2 nitrogen and oxygen atoms in total. The van der Waals surface area contributed by atoms with Crippen LogP contribution in [0, 0.1) is 5.92 Å². The standard InChI is InChI=1S/C35H66O2/c1-3-5-7-9-11-13-15-17-19-21-23-25-27-29-31-33-34(37-35(33)36)32-30-28-26-24-22-20-18-16-14-12-10-8-6-4-2/h32-33H,3-31H2,1-2H3/b34-32-. The highest BCUT2D eigenvalue weighted by Gasteiger charge is 2.36. The molecule has 0 aromatic rings. The van der Waals surface area contributed by atoms with E-state index in [0.717, 1.165) is 18.6 Å².